The van der Waals surface area contributed by atoms with Gasteiger partial charge in [0.15, 0.2) is 0 Å². The summed E-state index contributed by atoms with van der Waals surface area (Å²) in [4.78, 5) is 0.992. The monoisotopic (exact) mass is 367 g/mol. The summed E-state index contributed by atoms with van der Waals surface area (Å²) in [6.45, 7) is 0. The number of nitrogens with two attached hydrogens (primary N) is 1. The molecule has 21 heavy (non-hydrogen) atoms. The van der Waals surface area contributed by atoms with Gasteiger partial charge in [-0.1, -0.05) is 22.0 Å². The average Bonchev–Trinajstić information content (AvgIpc) is 2.85. The van der Waals surface area contributed by atoms with Crippen LogP contribution in [-0.2, 0) is 6.42 Å². The summed E-state index contributed by atoms with van der Waals surface area (Å²) in [5, 5.41) is 0.864. The van der Waals surface area contributed by atoms with E-state index in [0.717, 1.165) is 20.5 Å². The van der Waals surface area contributed by atoms with Gasteiger partial charge in [-0.05, 0) is 53.8 Å². The van der Waals surface area contributed by atoms with Gasteiger partial charge in [0.2, 0.25) is 0 Å². The van der Waals surface area contributed by atoms with Crippen molar-refractivity contribution in [2.24, 2.45) is 5.73 Å². The Labute approximate surface area is 133 Å². The minimum atomic E-state index is -0.281. The standard InChI is InChI=1S/C16H12BrF2NS/c17-13-8-12(19)2-1-9(13)6-14(20)16-7-10-5-11(18)3-4-15(10)21-16/h1-5,7-8,14H,6,20H2. The average molecular weight is 368 g/mol. The Balaban J connectivity index is 1.87. The molecule has 2 aromatic carbocycles. The molecular weight excluding hydrogens is 356 g/mol. The molecule has 0 aliphatic carbocycles. The molecule has 0 aliphatic heterocycles. The van der Waals surface area contributed by atoms with E-state index in [1.54, 1.807) is 23.5 Å². The first-order valence-corrected chi connectivity index (χ1v) is 8.02. The second kappa shape index (κ2) is 5.83. The van der Waals surface area contributed by atoms with Crippen molar-refractivity contribution in [3.8, 4) is 0 Å². The van der Waals surface area contributed by atoms with Gasteiger partial charge in [-0.2, -0.15) is 0 Å². The number of fused-ring (bicyclic) bond motifs is 1. The van der Waals surface area contributed by atoms with Crippen molar-refractivity contribution in [2.75, 3.05) is 0 Å². The second-order valence-corrected chi connectivity index (χ2v) is 6.85. The SMILES string of the molecule is NC(Cc1ccc(F)cc1Br)c1cc2cc(F)ccc2s1. The minimum absolute atomic E-state index is 0.202. The van der Waals surface area contributed by atoms with E-state index in [-0.39, 0.29) is 17.7 Å². The summed E-state index contributed by atoms with van der Waals surface area (Å²) in [7, 11) is 0. The number of hydrogen-bond donors (Lipinski definition) is 1. The lowest BCUT2D eigenvalue weighted by Gasteiger charge is -2.11. The van der Waals surface area contributed by atoms with Crippen LogP contribution in [0.4, 0.5) is 8.78 Å². The van der Waals surface area contributed by atoms with Crippen molar-refractivity contribution in [3.05, 3.63) is 69.0 Å². The Hall–Kier alpha value is -1.30. The van der Waals surface area contributed by atoms with Crippen molar-refractivity contribution in [1.82, 2.24) is 0 Å². The van der Waals surface area contributed by atoms with Crippen LogP contribution in [0.2, 0.25) is 0 Å². The first-order chi connectivity index (χ1) is 10.0. The number of rotatable bonds is 3. The summed E-state index contributed by atoms with van der Waals surface area (Å²) >= 11 is 4.91. The second-order valence-electron chi connectivity index (χ2n) is 4.88. The fourth-order valence-electron chi connectivity index (χ4n) is 2.24. The van der Waals surface area contributed by atoms with E-state index in [1.165, 1.54) is 24.3 Å². The van der Waals surface area contributed by atoms with E-state index >= 15 is 0 Å². The zero-order valence-corrected chi connectivity index (χ0v) is 13.3. The summed E-state index contributed by atoms with van der Waals surface area (Å²) in [6.07, 6.45) is 0.593. The molecule has 0 aliphatic rings. The molecule has 0 saturated heterocycles. The Morgan fingerprint density at radius 2 is 1.76 bits per heavy atom. The van der Waals surface area contributed by atoms with E-state index in [9.17, 15) is 8.78 Å². The van der Waals surface area contributed by atoms with Gasteiger partial charge in [-0.15, -0.1) is 11.3 Å². The van der Waals surface area contributed by atoms with Crippen LogP contribution < -0.4 is 5.73 Å². The fraction of sp³-hybridized carbons (Fsp3) is 0.125. The molecule has 1 nitrogen and oxygen atoms in total. The highest BCUT2D eigenvalue weighted by molar-refractivity contribution is 9.10. The van der Waals surface area contributed by atoms with Crippen LogP contribution in [0.5, 0.6) is 0 Å². The van der Waals surface area contributed by atoms with Crippen molar-refractivity contribution >= 4 is 37.4 Å². The summed E-state index contributed by atoms with van der Waals surface area (Å²) < 4.78 is 28.0. The predicted octanol–water partition coefficient (Wildman–Crippen LogP) is 5.18. The Kier molecular flexibility index (Phi) is 4.06. The number of hydrogen-bond acceptors (Lipinski definition) is 2. The van der Waals surface area contributed by atoms with Gasteiger partial charge in [-0.25, -0.2) is 8.78 Å². The van der Waals surface area contributed by atoms with Gasteiger partial charge in [0.05, 0.1) is 0 Å². The van der Waals surface area contributed by atoms with Crippen molar-refractivity contribution < 1.29 is 8.78 Å². The zero-order chi connectivity index (χ0) is 15.0. The molecule has 0 fully saturated rings. The van der Waals surface area contributed by atoms with Crippen LogP contribution in [0.25, 0.3) is 10.1 Å². The van der Waals surface area contributed by atoms with Crippen molar-refractivity contribution in [1.29, 1.82) is 0 Å². The maximum Gasteiger partial charge on any atom is 0.124 e. The third kappa shape index (κ3) is 3.15. The number of benzene rings is 2. The first-order valence-electron chi connectivity index (χ1n) is 6.41. The minimum Gasteiger partial charge on any atom is -0.323 e. The Bertz CT molecular complexity index is 800. The normalized spacial score (nSPS) is 12.8. The molecule has 3 aromatic rings. The lowest BCUT2D eigenvalue weighted by atomic mass is 10.0. The largest absolute Gasteiger partial charge is 0.323 e. The van der Waals surface area contributed by atoms with Gasteiger partial charge in [-0.3, -0.25) is 0 Å². The van der Waals surface area contributed by atoms with Gasteiger partial charge < -0.3 is 5.73 Å². The van der Waals surface area contributed by atoms with E-state index in [2.05, 4.69) is 15.9 Å². The molecule has 1 unspecified atom stereocenters. The highest BCUT2D eigenvalue weighted by Gasteiger charge is 2.13. The van der Waals surface area contributed by atoms with Gasteiger partial charge >= 0.3 is 0 Å². The van der Waals surface area contributed by atoms with E-state index < -0.39 is 0 Å². The van der Waals surface area contributed by atoms with Gasteiger partial charge in [0, 0.05) is 20.1 Å². The first kappa shape index (κ1) is 14.6. The Morgan fingerprint density at radius 1 is 1.05 bits per heavy atom. The van der Waals surface area contributed by atoms with Crippen molar-refractivity contribution in [2.45, 2.75) is 12.5 Å². The maximum atomic E-state index is 13.2. The fourth-order valence-corrected chi connectivity index (χ4v) is 3.80. The van der Waals surface area contributed by atoms with Gasteiger partial charge in [0.1, 0.15) is 11.6 Å². The molecular formula is C16H12BrF2NS. The third-order valence-corrected chi connectivity index (χ3v) is 5.30. The van der Waals surface area contributed by atoms with Crippen LogP contribution in [-0.4, -0.2) is 0 Å². The number of thiophene rings is 1. The molecule has 0 bridgehead atoms. The van der Waals surface area contributed by atoms with Gasteiger partial charge in [0.25, 0.3) is 0 Å². The molecule has 0 amide bonds. The van der Waals surface area contributed by atoms with E-state index in [1.807, 2.05) is 6.07 Å². The summed E-state index contributed by atoms with van der Waals surface area (Å²) in [5.74, 6) is -0.529. The molecule has 0 spiro atoms. The highest BCUT2D eigenvalue weighted by atomic mass is 79.9. The molecule has 0 radical (unpaired) electrons. The van der Waals surface area contributed by atoms with Crippen molar-refractivity contribution in [3.63, 3.8) is 0 Å². The summed E-state index contributed by atoms with van der Waals surface area (Å²) in [6, 6.07) is 11.0. The smallest absolute Gasteiger partial charge is 0.124 e. The third-order valence-electron chi connectivity index (χ3n) is 3.32. The van der Waals surface area contributed by atoms with Crippen LogP contribution >= 0.6 is 27.3 Å². The maximum absolute atomic E-state index is 13.2. The molecule has 1 heterocycles. The lowest BCUT2D eigenvalue weighted by molar-refractivity contribution is 0.624. The molecule has 1 aromatic heterocycles. The molecule has 0 saturated carbocycles. The molecule has 3 rings (SSSR count). The number of halogens is 3. The summed E-state index contributed by atoms with van der Waals surface area (Å²) in [5.41, 5.74) is 7.19. The Morgan fingerprint density at radius 3 is 2.52 bits per heavy atom. The lowest BCUT2D eigenvalue weighted by Crippen LogP contribution is -2.12. The molecule has 108 valence electrons. The van der Waals surface area contributed by atoms with Crippen LogP contribution in [0, 0.1) is 11.6 Å². The predicted molar refractivity (Wildman–Crippen MR) is 86.5 cm³/mol. The highest BCUT2D eigenvalue weighted by Crippen LogP contribution is 2.32. The quantitative estimate of drug-likeness (QED) is 0.677. The molecule has 2 N–H and O–H groups in total. The topological polar surface area (TPSA) is 26.0 Å². The van der Waals surface area contributed by atoms with Crippen LogP contribution in [0.3, 0.4) is 0 Å². The van der Waals surface area contributed by atoms with E-state index in [4.69, 9.17) is 5.73 Å². The van der Waals surface area contributed by atoms with Crippen LogP contribution in [0.15, 0.2) is 46.9 Å². The zero-order valence-electron chi connectivity index (χ0n) is 10.9. The molecule has 1 atom stereocenters. The van der Waals surface area contributed by atoms with Crippen LogP contribution in [0.1, 0.15) is 16.5 Å². The van der Waals surface area contributed by atoms with E-state index in [0.29, 0.717) is 10.9 Å². The molecule has 5 heteroatoms.